The van der Waals surface area contributed by atoms with Gasteiger partial charge in [-0.05, 0) is 48.9 Å². The van der Waals surface area contributed by atoms with E-state index in [1.807, 2.05) is 65.4 Å². The van der Waals surface area contributed by atoms with Gasteiger partial charge in [-0.15, -0.1) is 0 Å². The maximum Gasteiger partial charge on any atom is 0.265 e. The minimum atomic E-state index is -0.548. The average molecular weight is 426 g/mol. The van der Waals surface area contributed by atoms with E-state index in [0.717, 1.165) is 22.2 Å². The zero-order valence-corrected chi connectivity index (χ0v) is 17.6. The molecular weight excluding hydrogens is 404 g/mol. The highest BCUT2D eigenvalue weighted by Gasteiger charge is 2.24. The average Bonchev–Trinajstić information content (AvgIpc) is 3.22. The molecule has 1 unspecified atom stereocenters. The second kappa shape index (κ2) is 8.23. The van der Waals surface area contributed by atoms with Crippen molar-refractivity contribution >= 4 is 28.3 Å². The van der Waals surface area contributed by atoms with Crippen LogP contribution in [0.15, 0.2) is 79.0 Å². The second-order valence-corrected chi connectivity index (χ2v) is 7.79. The van der Waals surface area contributed by atoms with Gasteiger partial charge in [-0.2, -0.15) is 0 Å². The van der Waals surface area contributed by atoms with Gasteiger partial charge in [0.15, 0.2) is 11.9 Å². The number of fused-ring (bicyclic) bond motifs is 2. The van der Waals surface area contributed by atoms with Crippen LogP contribution < -0.4 is 14.8 Å². The van der Waals surface area contributed by atoms with Crippen LogP contribution in [0.1, 0.15) is 22.8 Å². The number of ketones is 1. The van der Waals surface area contributed by atoms with Crippen molar-refractivity contribution in [3.8, 4) is 11.5 Å². The number of Topliss-reactive ketones (excluding diaryl/α,β-unsaturated/α-hetero) is 1. The van der Waals surface area contributed by atoms with Crippen LogP contribution in [0.3, 0.4) is 0 Å². The van der Waals surface area contributed by atoms with Crippen LogP contribution in [0.2, 0.25) is 0 Å². The van der Waals surface area contributed by atoms with Crippen molar-refractivity contribution in [2.75, 3.05) is 5.32 Å². The number of carbonyl (C=O) groups excluding carboxylic acids is 2. The van der Waals surface area contributed by atoms with Crippen LogP contribution in [0.5, 0.6) is 11.5 Å². The Morgan fingerprint density at radius 1 is 1.06 bits per heavy atom. The van der Waals surface area contributed by atoms with E-state index >= 15 is 0 Å². The number of rotatable bonds is 6. The summed E-state index contributed by atoms with van der Waals surface area (Å²) in [6.07, 6.45) is 1.34. The van der Waals surface area contributed by atoms with Crippen LogP contribution in [-0.4, -0.2) is 22.4 Å². The van der Waals surface area contributed by atoms with E-state index < -0.39 is 6.10 Å². The lowest BCUT2D eigenvalue weighted by Crippen LogP contribution is -2.34. The van der Waals surface area contributed by atoms with Crippen LogP contribution in [0.4, 0.5) is 5.69 Å². The molecule has 0 aliphatic carbocycles. The van der Waals surface area contributed by atoms with Gasteiger partial charge in [0.2, 0.25) is 0 Å². The standard InChI is InChI=1S/C26H22N2O4/c1-17-26(30)27-21-14-19(10-11-25(21)32-17)23(29)15-28-13-12-20-22(28)8-5-9-24(20)31-16-18-6-3-2-4-7-18/h2-14,17H,15-16H2,1H3,(H,27,30). The predicted molar refractivity (Wildman–Crippen MR) is 122 cm³/mol. The fourth-order valence-corrected chi connectivity index (χ4v) is 3.82. The summed E-state index contributed by atoms with van der Waals surface area (Å²) in [7, 11) is 0. The van der Waals surface area contributed by atoms with E-state index in [4.69, 9.17) is 9.47 Å². The van der Waals surface area contributed by atoms with Crippen LogP contribution in [0.25, 0.3) is 10.9 Å². The Hall–Kier alpha value is -4.06. The highest BCUT2D eigenvalue weighted by molar-refractivity contribution is 6.02. The van der Waals surface area contributed by atoms with E-state index in [1.165, 1.54) is 0 Å². The number of ether oxygens (including phenoxy) is 2. The van der Waals surface area contributed by atoms with Crippen molar-refractivity contribution in [3.05, 3.63) is 90.1 Å². The third-order valence-electron chi connectivity index (χ3n) is 5.56. The summed E-state index contributed by atoms with van der Waals surface area (Å²) in [5, 5.41) is 3.74. The number of nitrogens with zero attached hydrogens (tertiary/aromatic N) is 1. The van der Waals surface area contributed by atoms with Gasteiger partial charge in [-0.25, -0.2) is 0 Å². The molecule has 5 rings (SSSR count). The number of hydrogen-bond donors (Lipinski definition) is 1. The summed E-state index contributed by atoms with van der Waals surface area (Å²) in [4.78, 5) is 24.9. The maximum absolute atomic E-state index is 13.0. The molecule has 4 aromatic rings. The lowest BCUT2D eigenvalue weighted by atomic mass is 10.1. The summed E-state index contributed by atoms with van der Waals surface area (Å²) in [6, 6.07) is 22.9. The van der Waals surface area contributed by atoms with E-state index in [-0.39, 0.29) is 18.2 Å². The van der Waals surface area contributed by atoms with Gasteiger partial charge in [0.1, 0.15) is 18.1 Å². The molecule has 0 radical (unpaired) electrons. The Morgan fingerprint density at radius 2 is 1.91 bits per heavy atom. The summed E-state index contributed by atoms with van der Waals surface area (Å²) in [5.41, 5.74) is 3.05. The molecular formula is C26H22N2O4. The van der Waals surface area contributed by atoms with Gasteiger partial charge in [0.05, 0.1) is 17.7 Å². The fourth-order valence-electron chi connectivity index (χ4n) is 3.82. The normalized spacial score (nSPS) is 15.0. The molecule has 1 aliphatic rings. The minimum absolute atomic E-state index is 0.0613. The van der Waals surface area contributed by atoms with Crippen LogP contribution in [-0.2, 0) is 17.9 Å². The quantitative estimate of drug-likeness (QED) is 0.449. The molecule has 160 valence electrons. The molecule has 3 aromatic carbocycles. The number of amides is 1. The Bertz CT molecular complexity index is 1310. The third kappa shape index (κ3) is 3.83. The van der Waals surface area contributed by atoms with Crippen molar-refractivity contribution in [2.45, 2.75) is 26.2 Å². The lowest BCUT2D eigenvalue weighted by molar-refractivity contribution is -0.122. The van der Waals surface area contributed by atoms with E-state index in [0.29, 0.717) is 23.6 Å². The zero-order valence-electron chi connectivity index (χ0n) is 17.6. The predicted octanol–water partition coefficient (Wildman–Crippen LogP) is 4.82. The summed E-state index contributed by atoms with van der Waals surface area (Å²) < 4.78 is 13.5. The fraction of sp³-hybridized carbons (Fsp3) is 0.154. The molecule has 0 spiro atoms. The molecule has 0 bridgehead atoms. The van der Waals surface area contributed by atoms with Crippen LogP contribution >= 0.6 is 0 Å². The molecule has 1 aliphatic heterocycles. The minimum Gasteiger partial charge on any atom is -0.488 e. The number of benzene rings is 3. The molecule has 32 heavy (non-hydrogen) atoms. The molecule has 0 saturated carbocycles. The van der Waals surface area contributed by atoms with Crippen molar-refractivity contribution < 1.29 is 19.1 Å². The number of carbonyl (C=O) groups is 2. The first-order chi connectivity index (χ1) is 15.6. The van der Waals surface area contributed by atoms with Crippen molar-refractivity contribution in [1.29, 1.82) is 0 Å². The molecule has 6 nitrogen and oxygen atoms in total. The van der Waals surface area contributed by atoms with Gasteiger partial charge in [-0.3, -0.25) is 9.59 Å². The van der Waals surface area contributed by atoms with Gasteiger partial charge in [-0.1, -0.05) is 36.4 Å². The first kappa shape index (κ1) is 19.9. The molecule has 0 fully saturated rings. The van der Waals surface area contributed by atoms with Crippen molar-refractivity contribution in [1.82, 2.24) is 4.57 Å². The van der Waals surface area contributed by atoms with E-state index in [9.17, 15) is 9.59 Å². The number of anilines is 1. The lowest BCUT2D eigenvalue weighted by Gasteiger charge is -2.23. The molecule has 1 atom stereocenters. The molecule has 1 aromatic heterocycles. The topological polar surface area (TPSA) is 69.6 Å². The zero-order chi connectivity index (χ0) is 22.1. The van der Waals surface area contributed by atoms with E-state index in [1.54, 1.807) is 25.1 Å². The van der Waals surface area contributed by atoms with Crippen LogP contribution in [0, 0.1) is 0 Å². The van der Waals surface area contributed by atoms with Crippen molar-refractivity contribution in [2.24, 2.45) is 0 Å². The molecule has 2 heterocycles. The Labute approximate surface area is 185 Å². The molecule has 6 heteroatoms. The highest BCUT2D eigenvalue weighted by Crippen LogP contribution is 2.31. The molecule has 1 N–H and O–H groups in total. The Kier molecular flexibility index (Phi) is 5.11. The largest absolute Gasteiger partial charge is 0.488 e. The molecule has 1 amide bonds. The first-order valence-electron chi connectivity index (χ1n) is 10.5. The third-order valence-corrected chi connectivity index (χ3v) is 5.56. The number of aromatic nitrogens is 1. The summed E-state index contributed by atoms with van der Waals surface area (Å²) in [5.74, 6) is 1.07. The first-order valence-corrected chi connectivity index (χ1v) is 10.5. The number of hydrogen-bond acceptors (Lipinski definition) is 4. The van der Waals surface area contributed by atoms with Gasteiger partial charge in [0.25, 0.3) is 5.91 Å². The summed E-state index contributed by atoms with van der Waals surface area (Å²) in [6.45, 7) is 2.34. The summed E-state index contributed by atoms with van der Waals surface area (Å²) >= 11 is 0. The van der Waals surface area contributed by atoms with Gasteiger partial charge >= 0.3 is 0 Å². The Balaban J connectivity index is 1.35. The maximum atomic E-state index is 13.0. The van der Waals surface area contributed by atoms with E-state index in [2.05, 4.69) is 5.32 Å². The molecule has 0 saturated heterocycles. The Morgan fingerprint density at radius 3 is 2.75 bits per heavy atom. The van der Waals surface area contributed by atoms with Gasteiger partial charge in [0, 0.05) is 17.1 Å². The monoisotopic (exact) mass is 426 g/mol. The second-order valence-electron chi connectivity index (χ2n) is 7.79. The highest BCUT2D eigenvalue weighted by atomic mass is 16.5. The number of nitrogens with one attached hydrogen (secondary N) is 1. The van der Waals surface area contributed by atoms with Gasteiger partial charge < -0.3 is 19.4 Å². The smallest absolute Gasteiger partial charge is 0.265 e. The van der Waals surface area contributed by atoms with Crippen molar-refractivity contribution in [3.63, 3.8) is 0 Å². The SMILES string of the molecule is CC1Oc2ccc(C(=O)Cn3ccc4c(OCc5ccccc5)cccc43)cc2NC1=O.